The Labute approximate surface area is 121 Å². The van der Waals surface area contributed by atoms with E-state index < -0.39 is 17.7 Å². The monoisotopic (exact) mass is 299 g/mol. The number of carbonyl (C=O) groups excluding carboxylic acids is 1. The van der Waals surface area contributed by atoms with E-state index in [-0.39, 0.29) is 30.0 Å². The van der Waals surface area contributed by atoms with E-state index in [1.807, 2.05) is 0 Å². The summed E-state index contributed by atoms with van der Waals surface area (Å²) in [5.74, 6) is -1.71. The van der Waals surface area contributed by atoms with Crippen molar-refractivity contribution in [2.75, 3.05) is 20.8 Å². The van der Waals surface area contributed by atoms with Gasteiger partial charge in [0.2, 0.25) is 0 Å². The molecule has 1 amide bonds. The molecule has 0 aromatic heterocycles. The summed E-state index contributed by atoms with van der Waals surface area (Å²) in [6.45, 7) is 0.278. The summed E-state index contributed by atoms with van der Waals surface area (Å²) >= 11 is 0. The van der Waals surface area contributed by atoms with Gasteiger partial charge in [0, 0.05) is 19.0 Å². The lowest BCUT2D eigenvalue weighted by Gasteiger charge is -2.11. The average Bonchev–Trinajstić information content (AvgIpc) is 2.45. The van der Waals surface area contributed by atoms with Gasteiger partial charge in [-0.3, -0.25) is 9.59 Å². The maximum atomic E-state index is 13.8. The highest BCUT2D eigenvalue weighted by Crippen LogP contribution is 2.29. The Kier molecular flexibility index (Phi) is 6.45. The number of hydrogen-bond acceptors (Lipinski definition) is 4. The average molecular weight is 299 g/mol. The molecule has 1 aromatic rings. The molecule has 0 aliphatic carbocycles. The minimum absolute atomic E-state index is 0.0423. The third kappa shape index (κ3) is 4.94. The van der Waals surface area contributed by atoms with E-state index >= 15 is 0 Å². The molecule has 0 aliphatic rings. The third-order valence-electron chi connectivity index (χ3n) is 2.82. The fourth-order valence-corrected chi connectivity index (χ4v) is 1.73. The molecule has 0 radical (unpaired) electrons. The predicted octanol–water partition coefficient (Wildman–Crippen LogP) is 1.83. The summed E-state index contributed by atoms with van der Waals surface area (Å²) in [7, 11) is 2.77. The van der Waals surface area contributed by atoms with Gasteiger partial charge in [0.15, 0.2) is 11.5 Å². The summed E-state index contributed by atoms with van der Waals surface area (Å²) in [5, 5.41) is 11.0. The molecule has 0 spiro atoms. The Morgan fingerprint density at radius 3 is 2.38 bits per heavy atom. The van der Waals surface area contributed by atoms with E-state index in [2.05, 4.69) is 5.32 Å². The second kappa shape index (κ2) is 8.08. The lowest BCUT2D eigenvalue weighted by atomic mass is 10.1. The van der Waals surface area contributed by atoms with Crippen LogP contribution in [0.4, 0.5) is 4.39 Å². The first-order chi connectivity index (χ1) is 9.99. The Bertz CT molecular complexity index is 518. The standard InChI is InChI=1S/C14H18FNO5/c1-20-11-7-9(10(15)8-12(11)21-2)14(19)16-6-4-3-5-13(17)18/h7-8H,3-6H2,1-2H3,(H,16,19)(H,17,18). The molecule has 0 unspecified atom stereocenters. The highest BCUT2D eigenvalue weighted by molar-refractivity contribution is 5.95. The molecule has 116 valence electrons. The summed E-state index contributed by atoms with van der Waals surface area (Å²) < 4.78 is 23.8. The number of methoxy groups -OCH3 is 2. The number of rotatable bonds is 8. The molecule has 0 bridgehead atoms. The molecule has 1 rings (SSSR count). The van der Waals surface area contributed by atoms with E-state index in [1.54, 1.807) is 0 Å². The van der Waals surface area contributed by atoms with E-state index in [0.29, 0.717) is 12.8 Å². The van der Waals surface area contributed by atoms with Crippen LogP contribution in [0, 0.1) is 5.82 Å². The van der Waals surface area contributed by atoms with Gasteiger partial charge in [-0.05, 0) is 18.9 Å². The quantitative estimate of drug-likeness (QED) is 0.715. The summed E-state index contributed by atoms with van der Waals surface area (Å²) in [6.07, 6.45) is 0.998. The van der Waals surface area contributed by atoms with Crippen LogP contribution in [0.15, 0.2) is 12.1 Å². The van der Waals surface area contributed by atoms with E-state index in [4.69, 9.17) is 14.6 Å². The highest BCUT2D eigenvalue weighted by atomic mass is 19.1. The van der Waals surface area contributed by atoms with Crippen LogP contribution in [0.3, 0.4) is 0 Å². The molecule has 0 saturated carbocycles. The van der Waals surface area contributed by atoms with Crippen molar-refractivity contribution in [3.05, 3.63) is 23.5 Å². The van der Waals surface area contributed by atoms with Gasteiger partial charge in [-0.1, -0.05) is 0 Å². The molecule has 7 heteroatoms. The molecule has 6 nitrogen and oxygen atoms in total. The van der Waals surface area contributed by atoms with Gasteiger partial charge in [-0.2, -0.15) is 0 Å². The van der Waals surface area contributed by atoms with Crippen LogP contribution in [-0.4, -0.2) is 37.7 Å². The van der Waals surface area contributed by atoms with Gasteiger partial charge < -0.3 is 19.9 Å². The zero-order valence-corrected chi connectivity index (χ0v) is 11.9. The number of aliphatic carboxylic acids is 1. The minimum Gasteiger partial charge on any atom is -0.493 e. The maximum Gasteiger partial charge on any atom is 0.303 e. The van der Waals surface area contributed by atoms with Gasteiger partial charge >= 0.3 is 5.97 Å². The Hall–Kier alpha value is -2.31. The molecular weight excluding hydrogens is 281 g/mol. The van der Waals surface area contributed by atoms with Crippen LogP contribution in [-0.2, 0) is 4.79 Å². The topological polar surface area (TPSA) is 84.9 Å². The second-order valence-corrected chi connectivity index (χ2v) is 4.29. The molecular formula is C14H18FNO5. The van der Waals surface area contributed by atoms with Crippen molar-refractivity contribution in [1.29, 1.82) is 0 Å². The first-order valence-corrected chi connectivity index (χ1v) is 6.41. The number of halogens is 1. The van der Waals surface area contributed by atoms with Crippen molar-refractivity contribution < 1.29 is 28.6 Å². The Balaban J connectivity index is 2.63. The van der Waals surface area contributed by atoms with Gasteiger partial charge in [-0.25, -0.2) is 4.39 Å². The van der Waals surface area contributed by atoms with Crippen molar-refractivity contribution in [2.24, 2.45) is 0 Å². The fourth-order valence-electron chi connectivity index (χ4n) is 1.73. The minimum atomic E-state index is -0.882. The number of amides is 1. The van der Waals surface area contributed by atoms with Gasteiger partial charge in [0.05, 0.1) is 19.8 Å². The molecule has 21 heavy (non-hydrogen) atoms. The van der Waals surface area contributed by atoms with Crippen molar-refractivity contribution in [3.63, 3.8) is 0 Å². The summed E-state index contributed by atoms with van der Waals surface area (Å²) in [5.41, 5.74) is -0.147. The third-order valence-corrected chi connectivity index (χ3v) is 2.82. The molecule has 0 aliphatic heterocycles. The van der Waals surface area contributed by atoms with Crippen molar-refractivity contribution in [1.82, 2.24) is 5.32 Å². The van der Waals surface area contributed by atoms with Crippen molar-refractivity contribution in [2.45, 2.75) is 19.3 Å². The smallest absolute Gasteiger partial charge is 0.303 e. The van der Waals surface area contributed by atoms with Gasteiger partial charge in [-0.15, -0.1) is 0 Å². The maximum absolute atomic E-state index is 13.8. The van der Waals surface area contributed by atoms with Crippen LogP contribution < -0.4 is 14.8 Å². The predicted molar refractivity (Wildman–Crippen MR) is 73.3 cm³/mol. The lowest BCUT2D eigenvalue weighted by molar-refractivity contribution is -0.137. The van der Waals surface area contributed by atoms with Gasteiger partial charge in [0.25, 0.3) is 5.91 Å². The van der Waals surface area contributed by atoms with Crippen LogP contribution in [0.1, 0.15) is 29.6 Å². The number of carboxylic acids is 1. The molecule has 0 saturated heterocycles. The van der Waals surface area contributed by atoms with E-state index in [9.17, 15) is 14.0 Å². The number of ether oxygens (including phenoxy) is 2. The van der Waals surface area contributed by atoms with Crippen LogP contribution in [0.5, 0.6) is 11.5 Å². The molecule has 0 atom stereocenters. The van der Waals surface area contributed by atoms with Crippen molar-refractivity contribution >= 4 is 11.9 Å². The molecule has 2 N–H and O–H groups in total. The van der Waals surface area contributed by atoms with E-state index in [0.717, 1.165) is 6.07 Å². The number of carboxylic acid groups (broad SMARTS) is 1. The van der Waals surface area contributed by atoms with E-state index in [1.165, 1.54) is 20.3 Å². The number of nitrogens with one attached hydrogen (secondary N) is 1. The Morgan fingerprint density at radius 2 is 1.81 bits per heavy atom. The molecule has 1 aromatic carbocycles. The number of benzene rings is 1. The van der Waals surface area contributed by atoms with Crippen LogP contribution >= 0.6 is 0 Å². The largest absolute Gasteiger partial charge is 0.493 e. The molecule has 0 fully saturated rings. The number of hydrogen-bond donors (Lipinski definition) is 2. The lowest BCUT2D eigenvalue weighted by Crippen LogP contribution is -2.25. The summed E-state index contributed by atoms with van der Waals surface area (Å²) in [6, 6.07) is 2.35. The number of carbonyl (C=O) groups is 2. The zero-order valence-electron chi connectivity index (χ0n) is 11.9. The first kappa shape index (κ1) is 16.7. The highest BCUT2D eigenvalue weighted by Gasteiger charge is 2.16. The summed E-state index contributed by atoms with van der Waals surface area (Å²) in [4.78, 5) is 22.2. The fraction of sp³-hybridized carbons (Fsp3) is 0.429. The van der Waals surface area contributed by atoms with Crippen LogP contribution in [0.2, 0.25) is 0 Å². The van der Waals surface area contributed by atoms with Crippen molar-refractivity contribution in [3.8, 4) is 11.5 Å². The zero-order chi connectivity index (χ0) is 15.8. The number of unbranched alkanes of at least 4 members (excludes halogenated alkanes) is 1. The van der Waals surface area contributed by atoms with Crippen LogP contribution in [0.25, 0.3) is 0 Å². The second-order valence-electron chi connectivity index (χ2n) is 4.29. The first-order valence-electron chi connectivity index (χ1n) is 6.41. The van der Waals surface area contributed by atoms with Gasteiger partial charge in [0.1, 0.15) is 5.82 Å². The normalized spacial score (nSPS) is 10.0. The SMILES string of the molecule is COc1cc(F)c(C(=O)NCCCCC(=O)O)cc1OC. The Morgan fingerprint density at radius 1 is 1.19 bits per heavy atom. The molecule has 0 heterocycles.